The molecule has 0 amide bonds. The monoisotopic (exact) mass is 401 g/mol. The molecule has 2 aromatic carbocycles. The van der Waals surface area contributed by atoms with Crippen LogP contribution in [0.25, 0.3) is 11.3 Å². The van der Waals surface area contributed by atoms with Crippen molar-refractivity contribution in [2.75, 3.05) is 18.4 Å². The molecule has 0 radical (unpaired) electrons. The summed E-state index contributed by atoms with van der Waals surface area (Å²) in [5, 5.41) is 6.05. The van der Waals surface area contributed by atoms with Crippen molar-refractivity contribution < 1.29 is 8.42 Å². The molecule has 0 saturated heterocycles. The highest BCUT2D eigenvalue weighted by Gasteiger charge is 2.21. The molecule has 5 nitrogen and oxygen atoms in total. The van der Waals surface area contributed by atoms with E-state index < -0.39 is 10.0 Å². The minimum absolute atomic E-state index is 0.309. The Hall–Kier alpha value is -2.22. The molecule has 0 atom stereocenters. The van der Waals surface area contributed by atoms with Gasteiger partial charge in [0.05, 0.1) is 10.6 Å². The normalized spacial score (nSPS) is 11.7. The number of hydrogen-bond acceptors (Lipinski definition) is 5. The number of sulfonamides is 1. The third-order valence-corrected chi connectivity index (χ3v) is 7.12. The topological polar surface area (TPSA) is 62.3 Å². The smallest absolute Gasteiger partial charge is 0.243 e. The van der Waals surface area contributed by atoms with E-state index in [2.05, 4.69) is 17.2 Å². The molecule has 0 aliphatic heterocycles. The Kier molecular flexibility index (Phi) is 5.94. The van der Waals surface area contributed by atoms with Gasteiger partial charge in [-0.3, -0.25) is 0 Å². The molecule has 7 heteroatoms. The lowest BCUT2D eigenvalue weighted by molar-refractivity contribution is 0.445. The number of hydrogen-bond donors (Lipinski definition) is 1. The van der Waals surface area contributed by atoms with E-state index in [-0.39, 0.29) is 0 Å². The maximum atomic E-state index is 12.6. The molecule has 0 aliphatic carbocycles. The van der Waals surface area contributed by atoms with E-state index >= 15 is 0 Å². The van der Waals surface area contributed by atoms with Crippen LogP contribution in [0.2, 0.25) is 0 Å². The predicted molar refractivity (Wildman–Crippen MR) is 112 cm³/mol. The Morgan fingerprint density at radius 2 is 1.63 bits per heavy atom. The van der Waals surface area contributed by atoms with Gasteiger partial charge in [-0.25, -0.2) is 13.4 Å². The van der Waals surface area contributed by atoms with Crippen LogP contribution < -0.4 is 5.32 Å². The van der Waals surface area contributed by atoms with Crippen LogP contribution in [0.5, 0.6) is 0 Å². The molecule has 0 bridgehead atoms. The van der Waals surface area contributed by atoms with Crippen LogP contribution in [0.3, 0.4) is 0 Å². The summed E-state index contributed by atoms with van der Waals surface area (Å²) < 4.78 is 26.6. The van der Waals surface area contributed by atoms with Crippen molar-refractivity contribution in [3.8, 4) is 11.3 Å². The van der Waals surface area contributed by atoms with Crippen molar-refractivity contribution in [1.29, 1.82) is 0 Å². The number of benzene rings is 2. The standard InChI is InChI=1S/C20H23N3O2S2/c1-4-23(5-2)27(24,25)18-12-8-16(9-13-18)19-14-26-20(22-19)21-17-10-6-15(3)7-11-17/h6-14H,4-5H2,1-3H3,(H,21,22). The molecule has 0 saturated carbocycles. The predicted octanol–water partition coefficient (Wildman–Crippen LogP) is 4.89. The third kappa shape index (κ3) is 4.37. The van der Waals surface area contributed by atoms with E-state index in [0.717, 1.165) is 22.1 Å². The zero-order valence-corrected chi connectivity index (χ0v) is 17.3. The molecule has 1 N–H and O–H groups in total. The van der Waals surface area contributed by atoms with Crippen molar-refractivity contribution in [1.82, 2.24) is 9.29 Å². The highest BCUT2D eigenvalue weighted by molar-refractivity contribution is 7.89. The zero-order chi connectivity index (χ0) is 19.4. The van der Waals surface area contributed by atoms with Gasteiger partial charge in [-0.05, 0) is 31.2 Å². The Morgan fingerprint density at radius 1 is 1.00 bits per heavy atom. The van der Waals surface area contributed by atoms with Gasteiger partial charge >= 0.3 is 0 Å². The molecule has 0 spiro atoms. The van der Waals surface area contributed by atoms with Gasteiger partial charge in [-0.15, -0.1) is 11.3 Å². The van der Waals surface area contributed by atoms with Gasteiger partial charge in [0.25, 0.3) is 0 Å². The lowest BCUT2D eigenvalue weighted by Gasteiger charge is -2.18. The number of nitrogens with one attached hydrogen (secondary N) is 1. The number of thiazole rings is 1. The second-order valence-electron chi connectivity index (χ2n) is 6.14. The number of rotatable bonds is 7. The minimum atomic E-state index is -3.44. The molecule has 3 rings (SSSR count). The lowest BCUT2D eigenvalue weighted by atomic mass is 10.2. The fourth-order valence-corrected chi connectivity index (χ4v) is 4.93. The first kappa shape index (κ1) is 19.5. The van der Waals surface area contributed by atoms with Crippen molar-refractivity contribution in [3.05, 3.63) is 59.5 Å². The number of anilines is 2. The van der Waals surface area contributed by atoms with E-state index in [1.54, 1.807) is 24.3 Å². The van der Waals surface area contributed by atoms with Gasteiger partial charge in [0.2, 0.25) is 10.0 Å². The second-order valence-corrected chi connectivity index (χ2v) is 8.94. The maximum absolute atomic E-state index is 12.6. The Labute approximate surface area is 164 Å². The average Bonchev–Trinajstić information content (AvgIpc) is 3.13. The summed E-state index contributed by atoms with van der Waals surface area (Å²) in [6.45, 7) is 6.65. The van der Waals surface area contributed by atoms with Gasteiger partial charge in [0.1, 0.15) is 0 Å². The van der Waals surface area contributed by atoms with Crippen LogP contribution in [-0.2, 0) is 10.0 Å². The zero-order valence-electron chi connectivity index (χ0n) is 15.6. The molecule has 3 aromatic rings. The van der Waals surface area contributed by atoms with E-state index in [1.165, 1.54) is 21.2 Å². The van der Waals surface area contributed by atoms with Crippen molar-refractivity contribution >= 4 is 32.2 Å². The third-order valence-electron chi connectivity index (χ3n) is 4.30. The quantitative estimate of drug-likeness (QED) is 0.612. The Morgan fingerprint density at radius 3 is 2.22 bits per heavy atom. The molecule has 27 heavy (non-hydrogen) atoms. The van der Waals surface area contributed by atoms with E-state index in [9.17, 15) is 8.42 Å². The van der Waals surface area contributed by atoms with Crippen LogP contribution >= 0.6 is 11.3 Å². The summed E-state index contributed by atoms with van der Waals surface area (Å²) in [6.07, 6.45) is 0. The van der Waals surface area contributed by atoms with Crippen LogP contribution in [0.15, 0.2) is 58.8 Å². The van der Waals surface area contributed by atoms with Gasteiger partial charge < -0.3 is 5.32 Å². The molecular formula is C20H23N3O2S2. The largest absolute Gasteiger partial charge is 0.332 e. The van der Waals surface area contributed by atoms with Crippen molar-refractivity contribution in [2.24, 2.45) is 0 Å². The van der Waals surface area contributed by atoms with Gasteiger partial charge in [-0.2, -0.15) is 4.31 Å². The lowest BCUT2D eigenvalue weighted by Crippen LogP contribution is -2.30. The summed E-state index contributed by atoms with van der Waals surface area (Å²) in [6, 6.07) is 15.0. The van der Waals surface area contributed by atoms with Crippen LogP contribution in [0.4, 0.5) is 10.8 Å². The molecule has 0 unspecified atom stereocenters. The summed E-state index contributed by atoms with van der Waals surface area (Å²) in [7, 11) is -3.44. The molecule has 0 fully saturated rings. The van der Waals surface area contributed by atoms with Gasteiger partial charge in [0.15, 0.2) is 5.13 Å². The summed E-state index contributed by atoms with van der Waals surface area (Å²) in [5.74, 6) is 0. The number of aromatic nitrogens is 1. The molecular weight excluding hydrogens is 378 g/mol. The molecule has 142 valence electrons. The fourth-order valence-electron chi connectivity index (χ4n) is 2.73. The summed E-state index contributed by atoms with van der Waals surface area (Å²) >= 11 is 1.52. The summed E-state index contributed by atoms with van der Waals surface area (Å²) in [4.78, 5) is 4.91. The Balaban J connectivity index is 1.78. The van der Waals surface area contributed by atoms with Crippen LogP contribution in [0, 0.1) is 6.92 Å². The molecule has 1 aromatic heterocycles. The molecule has 1 heterocycles. The summed E-state index contributed by atoms with van der Waals surface area (Å²) in [5.41, 5.74) is 3.91. The highest BCUT2D eigenvalue weighted by Crippen LogP contribution is 2.28. The average molecular weight is 402 g/mol. The van der Waals surface area contributed by atoms with E-state index in [4.69, 9.17) is 0 Å². The Bertz CT molecular complexity index is 990. The molecule has 0 aliphatic rings. The van der Waals surface area contributed by atoms with Crippen molar-refractivity contribution in [3.63, 3.8) is 0 Å². The van der Waals surface area contributed by atoms with Crippen LogP contribution in [-0.4, -0.2) is 30.8 Å². The first-order chi connectivity index (χ1) is 12.9. The first-order valence-electron chi connectivity index (χ1n) is 8.84. The van der Waals surface area contributed by atoms with Crippen molar-refractivity contribution in [2.45, 2.75) is 25.7 Å². The van der Waals surface area contributed by atoms with Crippen LogP contribution in [0.1, 0.15) is 19.4 Å². The van der Waals surface area contributed by atoms with Gasteiger partial charge in [0, 0.05) is 29.7 Å². The van der Waals surface area contributed by atoms with Gasteiger partial charge in [-0.1, -0.05) is 43.7 Å². The highest BCUT2D eigenvalue weighted by atomic mass is 32.2. The minimum Gasteiger partial charge on any atom is -0.332 e. The fraction of sp³-hybridized carbons (Fsp3) is 0.250. The number of aryl methyl sites for hydroxylation is 1. The van der Waals surface area contributed by atoms with E-state index in [0.29, 0.717) is 18.0 Å². The number of nitrogens with zero attached hydrogens (tertiary/aromatic N) is 2. The maximum Gasteiger partial charge on any atom is 0.243 e. The second kappa shape index (κ2) is 8.21. The first-order valence-corrected chi connectivity index (χ1v) is 11.2. The van der Waals surface area contributed by atoms with E-state index in [1.807, 2.05) is 43.5 Å². The SMILES string of the molecule is CCN(CC)S(=O)(=O)c1ccc(-c2csc(Nc3ccc(C)cc3)n2)cc1.